The van der Waals surface area contributed by atoms with Crippen LogP contribution in [0.5, 0.6) is 0 Å². The number of carbonyl (C=O) groups excluding carboxylic acids is 2. The maximum absolute atomic E-state index is 13.0. The van der Waals surface area contributed by atoms with Gasteiger partial charge in [0.2, 0.25) is 0 Å². The molecule has 0 bridgehead atoms. The van der Waals surface area contributed by atoms with Gasteiger partial charge in [0.15, 0.2) is 5.15 Å². The highest BCUT2D eigenvalue weighted by atomic mass is 35.5. The summed E-state index contributed by atoms with van der Waals surface area (Å²) in [5, 5.41) is 2.61. The SMILES string of the molecule is O=C(Nc1cccnc1Cl)C(=O)N1CCN(c2ccc(F)cc2)CC1. The molecule has 1 aliphatic heterocycles. The van der Waals surface area contributed by atoms with E-state index in [1.165, 1.54) is 23.2 Å². The molecule has 6 nitrogen and oxygen atoms in total. The van der Waals surface area contributed by atoms with Crippen LogP contribution in [0.1, 0.15) is 0 Å². The fraction of sp³-hybridized carbons (Fsp3) is 0.235. The molecule has 2 aromatic rings. The van der Waals surface area contributed by atoms with Gasteiger partial charge in [0.1, 0.15) is 5.82 Å². The number of benzene rings is 1. The van der Waals surface area contributed by atoms with E-state index in [0.29, 0.717) is 31.9 Å². The molecular formula is C17H16ClFN4O2. The summed E-state index contributed by atoms with van der Waals surface area (Å²) in [4.78, 5) is 31.8. The van der Waals surface area contributed by atoms with Crippen molar-refractivity contribution in [2.24, 2.45) is 0 Å². The molecule has 0 aliphatic carbocycles. The molecule has 1 N–H and O–H groups in total. The van der Waals surface area contributed by atoms with E-state index >= 15 is 0 Å². The summed E-state index contributed by atoms with van der Waals surface area (Å²) in [5.74, 6) is -1.65. The van der Waals surface area contributed by atoms with Gasteiger partial charge >= 0.3 is 11.8 Å². The zero-order valence-electron chi connectivity index (χ0n) is 13.3. The summed E-state index contributed by atoms with van der Waals surface area (Å²) in [7, 11) is 0. The average Bonchev–Trinajstić information content (AvgIpc) is 2.64. The van der Waals surface area contributed by atoms with E-state index in [9.17, 15) is 14.0 Å². The second-order valence-electron chi connectivity index (χ2n) is 5.55. The first-order valence-electron chi connectivity index (χ1n) is 7.76. The number of anilines is 2. The number of pyridine rings is 1. The largest absolute Gasteiger partial charge is 0.368 e. The summed E-state index contributed by atoms with van der Waals surface area (Å²) in [6.45, 7) is 1.95. The first-order valence-corrected chi connectivity index (χ1v) is 8.13. The van der Waals surface area contributed by atoms with Crippen LogP contribution < -0.4 is 10.2 Å². The minimum Gasteiger partial charge on any atom is -0.368 e. The lowest BCUT2D eigenvalue weighted by atomic mass is 10.2. The van der Waals surface area contributed by atoms with Gasteiger partial charge in [-0.1, -0.05) is 11.6 Å². The van der Waals surface area contributed by atoms with Crippen LogP contribution in [0.2, 0.25) is 5.15 Å². The Balaban J connectivity index is 1.57. The number of piperazine rings is 1. The number of aromatic nitrogens is 1. The summed E-state index contributed by atoms with van der Waals surface area (Å²) in [6.07, 6.45) is 1.49. The molecule has 3 rings (SSSR count). The Morgan fingerprint density at radius 1 is 1.08 bits per heavy atom. The summed E-state index contributed by atoms with van der Waals surface area (Å²) in [5.41, 5.74) is 1.19. The van der Waals surface area contributed by atoms with Gasteiger partial charge in [-0.3, -0.25) is 9.59 Å². The van der Waals surface area contributed by atoms with Crippen LogP contribution in [0.4, 0.5) is 15.8 Å². The standard InChI is InChI=1S/C17H16ClFN4O2/c18-15-14(2-1-7-20-15)21-16(24)17(25)23-10-8-22(9-11-23)13-5-3-12(19)4-6-13/h1-7H,8-11H2,(H,21,24). The topological polar surface area (TPSA) is 65.5 Å². The van der Waals surface area contributed by atoms with E-state index in [2.05, 4.69) is 10.3 Å². The number of nitrogens with zero attached hydrogens (tertiary/aromatic N) is 3. The number of hydrogen-bond donors (Lipinski definition) is 1. The molecule has 1 aliphatic rings. The van der Waals surface area contributed by atoms with Crippen molar-refractivity contribution >= 4 is 34.8 Å². The number of amides is 2. The van der Waals surface area contributed by atoms with E-state index in [4.69, 9.17) is 11.6 Å². The van der Waals surface area contributed by atoms with E-state index in [1.807, 2.05) is 4.90 Å². The maximum Gasteiger partial charge on any atom is 0.313 e. The second kappa shape index (κ2) is 7.48. The van der Waals surface area contributed by atoms with Crippen LogP contribution in [0.3, 0.4) is 0 Å². The quantitative estimate of drug-likeness (QED) is 0.657. The lowest BCUT2D eigenvalue weighted by Gasteiger charge is -2.35. The Morgan fingerprint density at radius 2 is 1.76 bits per heavy atom. The molecule has 0 atom stereocenters. The third-order valence-corrected chi connectivity index (χ3v) is 4.26. The smallest absolute Gasteiger partial charge is 0.313 e. The van der Waals surface area contributed by atoms with Crippen LogP contribution in [-0.4, -0.2) is 47.9 Å². The van der Waals surface area contributed by atoms with Gasteiger partial charge in [-0.2, -0.15) is 0 Å². The highest BCUT2D eigenvalue weighted by Crippen LogP contribution is 2.19. The molecule has 1 fully saturated rings. The van der Waals surface area contributed by atoms with Crippen LogP contribution in [0.25, 0.3) is 0 Å². The van der Waals surface area contributed by atoms with Gasteiger partial charge in [-0.25, -0.2) is 9.37 Å². The van der Waals surface area contributed by atoms with Gasteiger partial charge in [0.05, 0.1) is 5.69 Å². The number of halogens is 2. The van der Waals surface area contributed by atoms with E-state index in [1.54, 1.807) is 24.3 Å². The van der Waals surface area contributed by atoms with Crippen molar-refractivity contribution in [2.45, 2.75) is 0 Å². The minimum atomic E-state index is -0.745. The molecule has 0 saturated carbocycles. The van der Waals surface area contributed by atoms with E-state index < -0.39 is 11.8 Å². The van der Waals surface area contributed by atoms with Crippen molar-refractivity contribution < 1.29 is 14.0 Å². The molecule has 0 radical (unpaired) electrons. The zero-order chi connectivity index (χ0) is 17.8. The van der Waals surface area contributed by atoms with Crippen molar-refractivity contribution in [1.82, 2.24) is 9.88 Å². The summed E-state index contributed by atoms with van der Waals surface area (Å²) >= 11 is 5.87. The van der Waals surface area contributed by atoms with Crippen LogP contribution in [-0.2, 0) is 9.59 Å². The Hall–Kier alpha value is -2.67. The van der Waals surface area contributed by atoms with E-state index in [-0.39, 0.29) is 11.0 Å². The Kier molecular flexibility index (Phi) is 5.14. The van der Waals surface area contributed by atoms with Crippen LogP contribution in [0.15, 0.2) is 42.6 Å². The minimum absolute atomic E-state index is 0.129. The Morgan fingerprint density at radius 3 is 2.40 bits per heavy atom. The first kappa shape index (κ1) is 17.2. The zero-order valence-corrected chi connectivity index (χ0v) is 14.0. The fourth-order valence-electron chi connectivity index (χ4n) is 2.62. The average molecular weight is 363 g/mol. The van der Waals surface area contributed by atoms with Crippen molar-refractivity contribution in [2.75, 3.05) is 36.4 Å². The number of carbonyl (C=O) groups is 2. The molecular weight excluding hydrogens is 347 g/mol. The Labute approximate surface area is 149 Å². The molecule has 2 amide bonds. The molecule has 25 heavy (non-hydrogen) atoms. The van der Waals surface area contributed by atoms with Gasteiger partial charge in [-0.05, 0) is 36.4 Å². The predicted octanol–water partition coefficient (Wildman–Crippen LogP) is 2.16. The monoisotopic (exact) mass is 362 g/mol. The molecule has 0 spiro atoms. The van der Waals surface area contributed by atoms with Gasteiger partial charge < -0.3 is 15.1 Å². The maximum atomic E-state index is 13.0. The van der Waals surface area contributed by atoms with Crippen LogP contribution >= 0.6 is 11.6 Å². The van der Waals surface area contributed by atoms with Gasteiger partial charge in [0.25, 0.3) is 0 Å². The van der Waals surface area contributed by atoms with Crippen molar-refractivity contribution in [1.29, 1.82) is 0 Å². The number of rotatable bonds is 2. The van der Waals surface area contributed by atoms with E-state index in [0.717, 1.165) is 5.69 Å². The second-order valence-corrected chi connectivity index (χ2v) is 5.91. The first-order chi connectivity index (χ1) is 12.0. The fourth-order valence-corrected chi connectivity index (χ4v) is 2.78. The van der Waals surface area contributed by atoms with Crippen molar-refractivity contribution in [3.63, 3.8) is 0 Å². The molecule has 1 aromatic heterocycles. The molecule has 1 aromatic carbocycles. The summed E-state index contributed by atoms with van der Waals surface area (Å²) in [6, 6.07) is 9.39. The third-order valence-electron chi connectivity index (χ3n) is 3.96. The number of nitrogens with one attached hydrogen (secondary N) is 1. The molecule has 0 unspecified atom stereocenters. The third kappa shape index (κ3) is 4.06. The number of hydrogen-bond acceptors (Lipinski definition) is 4. The van der Waals surface area contributed by atoms with Crippen LogP contribution in [0, 0.1) is 5.82 Å². The normalized spacial score (nSPS) is 14.3. The van der Waals surface area contributed by atoms with Crippen molar-refractivity contribution in [3.8, 4) is 0 Å². The molecule has 8 heteroatoms. The Bertz CT molecular complexity index is 776. The lowest BCUT2D eigenvalue weighted by molar-refractivity contribution is -0.143. The predicted molar refractivity (Wildman–Crippen MR) is 93.1 cm³/mol. The lowest BCUT2D eigenvalue weighted by Crippen LogP contribution is -2.51. The summed E-state index contributed by atoms with van der Waals surface area (Å²) < 4.78 is 13.0. The highest BCUT2D eigenvalue weighted by molar-refractivity contribution is 6.41. The molecule has 130 valence electrons. The van der Waals surface area contributed by atoms with Gasteiger partial charge in [0, 0.05) is 38.1 Å². The highest BCUT2D eigenvalue weighted by Gasteiger charge is 2.26. The van der Waals surface area contributed by atoms with Crippen molar-refractivity contribution in [3.05, 3.63) is 53.6 Å². The molecule has 2 heterocycles. The molecule has 1 saturated heterocycles. The van der Waals surface area contributed by atoms with Gasteiger partial charge in [-0.15, -0.1) is 0 Å².